The summed E-state index contributed by atoms with van der Waals surface area (Å²) in [6, 6.07) is -0.958. The summed E-state index contributed by atoms with van der Waals surface area (Å²) < 4.78 is 1.77. The number of aliphatic carboxylic acids is 1. The minimum Gasteiger partial charge on any atom is -0.480 e. The number of carboxylic acids is 1. The predicted octanol–water partition coefficient (Wildman–Crippen LogP) is 1.26. The quantitative estimate of drug-likeness (QED) is 0.619. The van der Waals surface area contributed by atoms with Crippen molar-refractivity contribution >= 4 is 17.8 Å². The van der Waals surface area contributed by atoms with Crippen molar-refractivity contribution in [3.8, 4) is 0 Å². The van der Waals surface area contributed by atoms with E-state index in [2.05, 4.69) is 15.7 Å². The molecule has 1 rings (SSSR count). The van der Waals surface area contributed by atoms with Gasteiger partial charge in [0.25, 0.3) is 5.91 Å². The first-order valence-electron chi connectivity index (χ1n) is 8.51. The Morgan fingerprint density at radius 3 is 2.40 bits per heavy atom. The molecule has 0 saturated heterocycles. The second-order valence-corrected chi connectivity index (χ2v) is 6.54. The second kappa shape index (κ2) is 9.19. The van der Waals surface area contributed by atoms with E-state index in [9.17, 15) is 14.4 Å². The van der Waals surface area contributed by atoms with Crippen molar-refractivity contribution in [2.45, 2.75) is 60.0 Å². The highest BCUT2D eigenvalue weighted by molar-refractivity contribution is 5.98. The normalized spacial score (nSPS) is 12.1. The SMILES string of the molecule is CCCn1nc(C)c(C(=O)NCC(=O)N[C@@H](CC(C)C)C(=O)O)c1C. The molecule has 3 N–H and O–H groups in total. The lowest BCUT2D eigenvalue weighted by Crippen LogP contribution is -2.46. The standard InChI is InChI=1S/C17H28N4O4/c1-6-7-21-12(5)15(11(4)20-21)16(23)18-9-14(22)19-13(17(24)25)8-10(2)3/h10,13H,6-9H2,1-5H3,(H,18,23)(H,19,22)(H,24,25)/t13-/m0/s1. The number of carboxylic acid groups (broad SMARTS) is 1. The Hall–Kier alpha value is -2.38. The van der Waals surface area contributed by atoms with Gasteiger partial charge in [-0.05, 0) is 32.6 Å². The molecule has 0 aliphatic carbocycles. The van der Waals surface area contributed by atoms with Crippen LogP contribution in [0.25, 0.3) is 0 Å². The summed E-state index contributed by atoms with van der Waals surface area (Å²) in [7, 11) is 0. The maximum atomic E-state index is 12.3. The smallest absolute Gasteiger partial charge is 0.326 e. The molecule has 0 saturated carbocycles. The minimum atomic E-state index is -1.08. The van der Waals surface area contributed by atoms with Crippen LogP contribution in [0.5, 0.6) is 0 Å². The highest BCUT2D eigenvalue weighted by Gasteiger charge is 2.22. The predicted molar refractivity (Wildman–Crippen MR) is 93.3 cm³/mol. The van der Waals surface area contributed by atoms with Crippen LogP contribution in [-0.4, -0.2) is 45.3 Å². The van der Waals surface area contributed by atoms with Gasteiger partial charge in [0.05, 0.1) is 17.8 Å². The highest BCUT2D eigenvalue weighted by Crippen LogP contribution is 2.13. The van der Waals surface area contributed by atoms with Gasteiger partial charge in [0, 0.05) is 12.2 Å². The van der Waals surface area contributed by atoms with Crippen LogP contribution in [0, 0.1) is 19.8 Å². The molecule has 0 aliphatic heterocycles. The van der Waals surface area contributed by atoms with Gasteiger partial charge in [0.15, 0.2) is 0 Å². The summed E-state index contributed by atoms with van der Waals surface area (Å²) in [6.07, 6.45) is 1.23. The molecule has 0 aliphatic rings. The van der Waals surface area contributed by atoms with Gasteiger partial charge >= 0.3 is 5.97 Å². The van der Waals surface area contributed by atoms with Gasteiger partial charge in [-0.3, -0.25) is 14.3 Å². The molecular formula is C17H28N4O4. The van der Waals surface area contributed by atoms with Crippen LogP contribution in [0.15, 0.2) is 0 Å². The van der Waals surface area contributed by atoms with Crippen molar-refractivity contribution < 1.29 is 19.5 Å². The number of aryl methyl sites for hydroxylation is 2. The zero-order valence-electron chi connectivity index (χ0n) is 15.5. The molecule has 1 aromatic heterocycles. The molecule has 0 fully saturated rings. The number of carbonyl (C=O) groups is 3. The number of nitrogens with one attached hydrogen (secondary N) is 2. The van der Waals surface area contributed by atoms with Crippen LogP contribution in [0.2, 0.25) is 0 Å². The molecular weight excluding hydrogens is 324 g/mol. The lowest BCUT2D eigenvalue weighted by atomic mass is 10.0. The Morgan fingerprint density at radius 2 is 1.88 bits per heavy atom. The number of amides is 2. The molecule has 8 nitrogen and oxygen atoms in total. The number of nitrogens with zero attached hydrogens (tertiary/aromatic N) is 2. The number of aromatic nitrogens is 2. The fraction of sp³-hybridized carbons (Fsp3) is 0.647. The van der Waals surface area contributed by atoms with Crippen molar-refractivity contribution in [2.24, 2.45) is 5.92 Å². The zero-order chi connectivity index (χ0) is 19.1. The third-order valence-corrected chi connectivity index (χ3v) is 3.79. The fourth-order valence-corrected chi connectivity index (χ4v) is 2.64. The summed E-state index contributed by atoms with van der Waals surface area (Å²) >= 11 is 0. The lowest BCUT2D eigenvalue weighted by Gasteiger charge is -2.16. The number of hydrogen-bond acceptors (Lipinski definition) is 4. The first-order chi connectivity index (χ1) is 11.7. The Balaban J connectivity index is 2.67. The van der Waals surface area contributed by atoms with E-state index in [0.717, 1.165) is 18.7 Å². The van der Waals surface area contributed by atoms with Crippen LogP contribution < -0.4 is 10.6 Å². The Labute approximate surface area is 148 Å². The van der Waals surface area contributed by atoms with E-state index in [-0.39, 0.29) is 18.4 Å². The molecule has 0 radical (unpaired) electrons. The van der Waals surface area contributed by atoms with Gasteiger partial charge in [-0.15, -0.1) is 0 Å². The molecule has 25 heavy (non-hydrogen) atoms. The second-order valence-electron chi connectivity index (χ2n) is 6.54. The summed E-state index contributed by atoms with van der Waals surface area (Å²) in [5.41, 5.74) is 1.81. The van der Waals surface area contributed by atoms with Crippen molar-refractivity contribution in [3.05, 3.63) is 17.0 Å². The third-order valence-electron chi connectivity index (χ3n) is 3.79. The lowest BCUT2D eigenvalue weighted by molar-refractivity contribution is -0.142. The molecule has 2 amide bonds. The molecule has 0 spiro atoms. The molecule has 1 atom stereocenters. The molecule has 0 aromatic carbocycles. The molecule has 0 bridgehead atoms. The average Bonchev–Trinajstić information content (AvgIpc) is 2.78. The van der Waals surface area contributed by atoms with Crippen molar-refractivity contribution in [1.29, 1.82) is 0 Å². The average molecular weight is 352 g/mol. The minimum absolute atomic E-state index is 0.130. The maximum absolute atomic E-state index is 12.3. The van der Waals surface area contributed by atoms with E-state index in [4.69, 9.17) is 5.11 Å². The van der Waals surface area contributed by atoms with Crippen LogP contribution in [0.1, 0.15) is 55.4 Å². The Kier molecular flexibility index (Phi) is 7.60. The van der Waals surface area contributed by atoms with Gasteiger partial charge < -0.3 is 15.7 Å². The third kappa shape index (κ3) is 5.88. The molecule has 1 aromatic rings. The van der Waals surface area contributed by atoms with Crippen LogP contribution in [-0.2, 0) is 16.1 Å². The fourth-order valence-electron chi connectivity index (χ4n) is 2.64. The van der Waals surface area contributed by atoms with Crippen molar-refractivity contribution in [3.63, 3.8) is 0 Å². The summed E-state index contributed by atoms with van der Waals surface area (Å²) in [5, 5.41) is 18.4. The van der Waals surface area contributed by atoms with Crippen LogP contribution >= 0.6 is 0 Å². The number of rotatable bonds is 9. The first-order valence-corrected chi connectivity index (χ1v) is 8.51. The van der Waals surface area contributed by atoms with E-state index >= 15 is 0 Å². The molecule has 140 valence electrons. The van der Waals surface area contributed by atoms with Crippen molar-refractivity contribution in [1.82, 2.24) is 20.4 Å². The monoisotopic (exact) mass is 352 g/mol. The largest absolute Gasteiger partial charge is 0.480 e. The van der Waals surface area contributed by atoms with E-state index in [1.54, 1.807) is 11.6 Å². The number of carbonyl (C=O) groups excluding carboxylic acids is 2. The van der Waals surface area contributed by atoms with Crippen LogP contribution in [0.3, 0.4) is 0 Å². The van der Waals surface area contributed by atoms with E-state index < -0.39 is 17.9 Å². The molecule has 0 unspecified atom stereocenters. The molecule has 1 heterocycles. The Bertz CT molecular complexity index is 637. The topological polar surface area (TPSA) is 113 Å². The Morgan fingerprint density at radius 1 is 1.24 bits per heavy atom. The summed E-state index contributed by atoms with van der Waals surface area (Å²) in [5.74, 6) is -1.87. The van der Waals surface area contributed by atoms with Crippen molar-refractivity contribution in [2.75, 3.05) is 6.54 Å². The highest BCUT2D eigenvalue weighted by atomic mass is 16.4. The van der Waals surface area contributed by atoms with Gasteiger partial charge in [-0.2, -0.15) is 5.10 Å². The summed E-state index contributed by atoms with van der Waals surface area (Å²) in [4.78, 5) is 35.5. The van der Waals surface area contributed by atoms with Gasteiger partial charge in [-0.25, -0.2) is 4.79 Å². The first kappa shape index (κ1) is 20.7. The van der Waals surface area contributed by atoms with Gasteiger partial charge in [-0.1, -0.05) is 20.8 Å². The van der Waals surface area contributed by atoms with E-state index in [0.29, 0.717) is 17.7 Å². The van der Waals surface area contributed by atoms with E-state index in [1.807, 2.05) is 27.7 Å². The number of hydrogen-bond donors (Lipinski definition) is 3. The summed E-state index contributed by atoms with van der Waals surface area (Å²) in [6.45, 7) is 9.78. The van der Waals surface area contributed by atoms with Gasteiger partial charge in [0.2, 0.25) is 5.91 Å². The van der Waals surface area contributed by atoms with E-state index in [1.165, 1.54) is 0 Å². The van der Waals surface area contributed by atoms with Gasteiger partial charge in [0.1, 0.15) is 6.04 Å². The maximum Gasteiger partial charge on any atom is 0.326 e. The molecule has 8 heteroatoms. The van der Waals surface area contributed by atoms with Crippen LogP contribution in [0.4, 0.5) is 0 Å². The zero-order valence-corrected chi connectivity index (χ0v) is 15.5.